The second kappa shape index (κ2) is 4.02. The van der Waals surface area contributed by atoms with Crippen LogP contribution < -0.4 is 10.5 Å². The summed E-state index contributed by atoms with van der Waals surface area (Å²) < 4.78 is 36.1. The predicted molar refractivity (Wildman–Crippen MR) is 50.9 cm³/mol. The van der Waals surface area contributed by atoms with Crippen LogP contribution in [-0.2, 0) is 4.74 Å². The van der Waals surface area contributed by atoms with E-state index in [1.807, 2.05) is 0 Å². The van der Waals surface area contributed by atoms with E-state index in [-0.39, 0.29) is 24.7 Å². The number of benzene rings is 1. The summed E-state index contributed by atoms with van der Waals surface area (Å²) in [4.78, 5) is 0. The number of alkyl halides is 1. The van der Waals surface area contributed by atoms with Gasteiger partial charge in [0.2, 0.25) is 0 Å². The molecular weight excluding hydrogens is 204 g/mol. The quantitative estimate of drug-likeness (QED) is 0.761. The largest absolute Gasteiger partial charge is 0.483 e. The van der Waals surface area contributed by atoms with E-state index in [4.69, 9.17) is 15.2 Å². The molecular formula is C10H11F2NO2. The van der Waals surface area contributed by atoms with Crippen molar-refractivity contribution in [2.24, 2.45) is 0 Å². The molecule has 1 aliphatic rings. The molecule has 1 aromatic rings. The molecule has 0 bridgehead atoms. The molecule has 0 aliphatic carbocycles. The molecule has 2 atom stereocenters. The van der Waals surface area contributed by atoms with Gasteiger partial charge < -0.3 is 15.2 Å². The molecule has 0 radical (unpaired) electrons. The van der Waals surface area contributed by atoms with Gasteiger partial charge in [0.05, 0.1) is 18.9 Å². The van der Waals surface area contributed by atoms with Crippen LogP contribution in [0.15, 0.2) is 18.2 Å². The second-order valence-electron chi connectivity index (χ2n) is 3.39. The third-order valence-corrected chi connectivity index (χ3v) is 2.22. The number of rotatable bonds is 2. The zero-order chi connectivity index (χ0) is 10.8. The molecule has 82 valence electrons. The van der Waals surface area contributed by atoms with Gasteiger partial charge in [-0.2, -0.15) is 0 Å². The number of nitrogen functional groups attached to an aromatic ring is 1. The molecule has 2 unspecified atom stereocenters. The van der Waals surface area contributed by atoms with Gasteiger partial charge in [-0.05, 0) is 12.1 Å². The Morgan fingerprint density at radius 1 is 1.40 bits per heavy atom. The van der Waals surface area contributed by atoms with E-state index in [9.17, 15) is 8.78 Å². The van der Waals surface area contributed by atoms with Crippen LogP contribution >= 0.6 is 0 Å². The molecule has 1 heterocycles. The SMILES string of the molecule is Nc1ccc(F)cc1OC1COCC1F. The topological polar surface area (TPSA) is 44.5 Å². The van der Waals surface area contributed by atoms with Crippen LogP contribution in [-0.4, -0.2) is 25.5 Å². The second-order valence-corrected chi connectivity index (χ2v) is 3.39. The molecule has 0 spiro atoms. The first-order chi connectivity index (χ1) is 7.16. The van der Waals surface area contributed by atoms with E-state index in [1.54, 1.807) is 0 Å². The van der Waals surface area contributed by atoms with Gasteiger partial charge in [-0.15, -0.1) is 0 Å². The molecule has 0 amide bonds. The van der Waals surface area contributed by atoms with Gasteiger partial charge in [0, 0.05) is 6.07 Å². The Balaban J connectivity index is 2.12. The van der Waals surface area contributed by atoms with E-state index in [0.717, 1.165) is 6.07 Å². The van der Waals surface area contributed by atoms with Gasteiger partial charge in [0.15, 0.2) is 12.3 Å². The van der Waals surface area contributed by atoms with E-state index < -0.39 is 18.1 Å². The van der Waals surface area contributed by atoms with Crippen molar-refractivity contribution in [3.05, 3.63) is 24.0 Å². The Morgan fingerprint density at radius 2 is 2.20 bits per heavy atom. The lowest BCUT2D eigenvalue weighted by atomic mass is 10.2. The van der Waals surface area contributed by atoms with Crippen LogP contribution in [0.2, 0.25) is 0 Å². The number of anilines is 1. The van der Waals surface area contributed by atoms with Crippen molar-refractivity contribution < 1.29 is 18.3 Å². The molecule has 1 fully saturated rings. The van der Waals surface area contributed by atoms with Crippen LogP contribution in [0.1, 0.15) is 0 Å². The highest BCUT2D eigenvalue weighted by molar-refractivity contribution is 5.52. The first kappa shape index (κ1) is 10.2. The minimum atomic E-state index is -1.19. The van der Waals surface area contributed by atoms with Crippen molar-refractivity contribution in [2.45, 2.75) is 12.3 Å². The van der Waals surface area contributed by atoms with Gasteiger partial charge in [-0.3, -0.25) is 0 Å². The van der Waals surface area contributed by atoms with Gasteiger partial charge in [0.1, 0.15) is 11.6 Å². The standard InChI is InChI=1S/C10H11F2NO2/c11-6-1-2-8(13)9(3-6)15-10-5-14-4-7(10)12/h1-3,7,10H,4-5,13H2. The first-order valence-electron chi connectivity index (χ1n) is 4.60. The Kier molecular flexibility index (Phi) is 2.73. The molecule has 1 aliphatic heterocycles. The summed E-state index contributed by atoms with van der Waals surface area (Å²) in [6.45, 7) is 0.178. The Hall–Kier alpha value is -1.36. The Bertz CT molecular complexity index is 359. The van der Waals surface area contributed by atoms with Gasteiger partial charge >= 0.3 is 0 Å². The molecule has 15 heavy (non-hydrogen) atoms. The fraction of sp³-hybridized carbons (Fsp3) is 0.400. The number of ether oxygens (including phenoxy) is 2. The van der Waals surface area contributed by atoms with Crippen LogP contribution in [0, 0.1) is 5.82 Å². The summed E-state index contributed by atoms with van der Waals surface area (Å²) in [6, 6.07) is 3.74. The van der Waals surface area contributed by atoms with E-state index >= 15 is 0 Å². The van der Waals surface area contributed by atoms with Gasteiger partial charge in [0.25, 0.3) is 0 Å². The monoisotopic (exact) mass is 215 g/mol. The lowest BCUT2D eigenvalue weighted by molar-refractivity contribution is 0.129. The van der Waals surface area contributed by atoms with Crippen LogP contribution in [0.5, 0.6) is 5.75 Å². The van der Waals surface area contributed by atoms with E-state index in [1.165, 1.54) is 12.1 Å². The molecule has 3 nitrogen and oxygen atoms in total. The molecule has 1 saturated heterocycles. The maximum absolute atomic E-state index is 13.1. The van der Waals surface area contributed by atoms with E-state index in [2.05, 4.69) is 0 Å². The van der Waals surface area contributed by atoms with Crippen molar-refractivity contribution in [3.8, 4) is 5.75 Å². The third-order valence-electron chi connectivity index (χ3n) is 2.22. The first-order valence-corrected chi connectivity index (χ1v) is 4.60. The van der Waals surface area contributed by atoms with Gasteiger partial charge in [-0.1, -0.05) is 0 Å². The average molecular weight is 215 g/mol. The van der Waals surface area contributed by atoms with Crippen LogP contribution in [0.3, 0.4) is 0 Å². The summed E-state index contributed by atoms with van der Waals surface area (Å²) in [5, 5.41) is 0. The van der Waals surface area contributed by atoms with Crippen LogP contribution in [0.4, 0.5) is 14.5 Å². The van der Waals surface area contributed by atoms with Crippen molar-refractivity contribution >= 4 is 5.69 Å². The molecule has 5 heteroatoms. The predicted octanol–water partition coefficient (Wildman–Crippen LogP) is 1.52. The molecule has 0 aromatic heterocycles. The summed E-state index contributed by atoms with van der Waals surface area (Å²) in [6.07, 6.45) is -1.89. The summed E-state index contributed by atoms with van der Waals surface area (Å²) >= 11 is 0. The number of hydrogen-bond acceptors (Lipinski definition) is 3. The number of halogens is 2. The molecule has 0 saturated carbocycles. The number of nitrogens with two attached hydrogens (primary N) is 1. The fourth-order valence-electron chi connectivity index (χ4n) is 1.39. The van der Waals surface area contributed by atoms with Crippen molar-refractivity contribution in [2.75, 3.05) is 18.9 Å². The Morgan fingerprint density at radius 3 is 2.87 bits per heavy atom. The smallest absolute Gasteiger partial charge is 0.162 e. The third kappa shape index (κ3) is 2.18. The van der Waals surface area contributed by atoms with Gasteiger partial charge in [-0.25, -0.2) is 8.78 Å². The zero-order valence-electron chi connectivity index (χ0n) is 7.95. The Labute approximate surface area is 85.8 Å². The molecule has 1 aromatic carbocycles. The summed E-state index contributed by atoms with van der Waals surface area (Å²) in [7, 11) is 0. The maximum Gasteiger partial charge on any atom is 0.162 e. The summed E-state index contributed by atoms with van der Waals surface area (Å²) in [5.41, 5.74) is 5.85. The maximum atomic E-state index is 13.1. The highest BCUT2D eigenvalue weighted by Gasteiger charge is 2.30. The molecule has 2 rings (SSSR count). The van der Waals surface area contributed by atoms with E-state index in [0.29, 0.717) is 0 Å². The minimum absolute atomic E-state index is 0.0138. The fourth-order valence-corrected chi connectivity index (χ4v) is 1.39. The van der Waals surface area contributed by atoms with Crippen molar-refractivity contribution in [3.63, 3.8) is 0 Å². The van der Waals surface area contributed by atoms with Crippen molar-refractivity contribution in [1.82, 2.24) is 0 Å². The van der Waals surface area contributed by atoms with Crippen molar-refractivity contribution in [1.29, 1.82) is 0 Å². The minimum Gasteiger partial charge on any atom is -0.483 e. The summed E-state index contributed by atoms with van der Waals surface area (Å²) in [5.74, 6) is -0.304. The highest BCUT2D eigenvalue weighted by Crippen LogP contribution is 2.25. The van der Waals surface area contributed by atoms with Crippen LogP contribution in [0.25, 0.3) is 0 Å². The normalized spacial score (nSPS) is 25.5. The lowest BCUT2D eigenvalue weighted by Crippen LogP contribution is -2.26. The molecule has 2 N–H and O–H groups in total. The lowest BCUT2D eigenvalue weighted by Gasteiger charge is -2.15. The number of hydrogen-bond donors (Lipinski definition) is 1. The average Bonchev–Trinajstić information content (AvgIpc) is 2.58. The zero-order valence-corrected chi connectivity index (χ0v) is 7.95. The highest BCUT2D eigenvalue weighted by atomic mass is 19.1.